The van der Waals surface area contributed by atoms with Crippen LogP contribution >= 0.6 is 23.1 Å². The Hall–Kier alpha value is -0.590. The van der Waals surface area contributed by atoms with E-state index >= 15 is 0 Å². The van der Waals surface area contributed by atoms with Gasteiger partial charge in [-0.3, -0.25) is 4.79 Å². The Morgan fingerprint density at radius 3 is 3.17 bits per heavy atom. The van der Waals surface area contributed by atoms with Gasteiger partial charge in [-0.1, -0.05) is 0 Å². The van der Waals surface area contributed by atoms with Crippen LogP contribution in [-0.4, -0.2) is 28.9 Å². The quantitative estimate of drug-likeness (QED) is 0.800. The lowest BCUT2D eigenvalue weighted by Gasteiger charge is -2.10. The molecule has 1 aliphatic carbocycles. The fourth-order valence-corrected chi connectivity index (χ4v) is 2.95. The normalized spacial score (nSPS) is 16.6. The second kappa shape index (κ2) is 6.54. The van der Waals surface area contributed by atoms with E-state index in [1.165, 1.54) is 18.5 Å². The molecule has 100 valence electrons. The fourth-order valence-electron chi connectivity index (χ4n) is 1.64. The average Bonchev–Trinajstić information content (AvgIpc) is 3.12. The number of aromatic nitrogens is 1. The van der Waals surface area contributed by atoms with Crippen molar-refractivity contribution in [2.24, 2.45) is 5.73 Å². The first-order valence-electron chi connectivity index (χ1n) is 6.17. The highest BCUT2D eigenvalue weighted by Crippen LogP contribution is 2.40. The lowest BCUT2D eigenvalue weighted by molar-refractivity contribution is -0.122. The molecule has 1 saturated carbocycles. The summed E-state index contributed by atoms with van der Waals surface area (Å²) in [6.45, 7) is 0.503. The maximum atomic E-state index is 11.7. The summed E-state index contributed by atoms with van der Waals surface area (Å²) < 4.78 is 0. The highest BCUT2D eigenvalue weighted by Gasteiger charge is 2.26. The van der Waals surface area contributed by atoms with Gasteiger partial charge in [-0.25, -0.2) is 4.98 Å². The van der Waals surface area contributed by atoms with Gasteiger partial charge < -0.3 is 11.1 Å². The van der Waals surface area contributed by atoms with Gasteiger partial charge in [0.2, 0.25) is 5.91 Å². The minimum absolute atomic E-state index is 0.0766. The van der Waals surface area contributed by atoms with Crippen LogP contribution in [0.3, 0.4) is 0 Å². The van der Waals surface area contributed by atoms with E-state index in [-0.39, 0.29) is 5.91 Å². The molecule has 0 saturated heterocycles. The summed E-state index contributed by atoms with van der Waals surface area (Å²) in [5.41, 5.74) is 6.98. The van der Waals surface area contributed by atoms with Gasteiger partial charge in [0, 0.05) is 11.3 Å². The Bertz CT molecular complexity index is 404. The first kappa shape index (κ1) is 13.8. The number of thiazole rings is 1. The predicted molar refractivity (Wildman–Crippen MR) is 76.9 cm³/mol. The van der Waals surface area contributed by atoms with Gasteiger partial charge in [0.15, 0.2) is 0 Å². The minimum atomic E-state index is -0.402. The molecule has 1 fully saturated rings. The Morgan fingerprint density at radius 2 is 2.50 bits per heavy atom. The number of thioether (sulfide) groups is 1. The number of amides is 1. The van der Waals surface area contributed by atoms with Gasteiger partial charge >= 0.3 is 0 Å². The molecule has 0 aliphatic heterocycles. The standard InChI is InChI=1S/C12H19N3OS2/c1-17-5-4-9(13)12(16)14-6-11-15-10(7-18-11)8-2-3-8/h7-9H,2-6,13H2,1H3,(H,14,16)/t9-/m1/s1. The van der Waals surface area contributed by atoms with E-state index in [2.05, 4.69) is 15.7 Å². The Balaban J connectivity index is 1.73. The summed E-state index contributed by atoms with van der Waals surface area (Å²) in [5.74, 6) is 1.51. The molecule has 2 rings (SSSR count). The van der Waals surface area contributed by atoms with Crippen LogP contribution < -0.4 is 11.1 Å². The first-order chi connectivity index (χ1) is 8.70. The highest BCUT2D eigenvalue weighted by atomic mass is 32.2. The predicted octanol–water partition coefficient (Wildman–Crippen LogP) is 1.72. The lowest BCUT2D eigenvalue weighted by Crippen LogP contribution is -2.40. The number of hydrogen-bond donors (Lipinski definition) is 2. The summed E-state index contributed by atoms with van der Waals surface area (Å²) in [4.78, 5) is 16.2. The minimum Gasteiger partial charge on any atom is -0.348 e. The third-order valence-corrected chi connectivity index (χ3v) is 4.46. The van der Waals surface area contributed by atoms with Crippen LogP contribution in [0.4, 0.5) is 0 Å². The van der Waals surface area contributed by atoms with E-state index in [1.54, 1.807) is 23.1 Å². The zero-order valence-corrected chi connectivity index (χ0v) is 12.1. The summed E-state index contributed by atoms with van der Waals surface area (Å²) >= 11 is 3.32. The molecular formula is C12H19N3OS2. The van der Waals surface area contributed by atoms with E-state index in [9.17, 15) is 4.79 Å². The molecule has 0 radical (unpaired) electrons. The van der Waals surface area contributed by atoms with Crippen LogP contribution in [0.2, 0.25) is 0 Å². The summed E-state index contributed by atoms with van der Waals surface area (Å²) in [6, 6.07) is -0.402. The van der Waals surface area contributed by atoms with Crippen molar-refractivity contribution in [1.29, 1.82) is 0 Å². The zero-order chi connectivity index (χ0) is 13.0. The van der Waals surface area contributed by atoms with Gasteiger partial charge in [0.25, 0.3) is 0 Å². The molecule has 0 unspecified atom stereocenters. The van der Waals surface area contributed by atoms with E-state index in [0.717, 1.165) is 17.2 Å². The molecule has 18 heavy (non-hydrogen) atoms. The topological polar surface area (TPSA) is 68.0 Å². The molecule has 0 spiro atoms. The van der Waals surface area contributed by atoms with E-state index < -0.39 is 6.04 Å². The van der Waals surface area contributed by atoms with Gasteiger partial charge in [0.1, 0.15) is 5.01 Å². The van der Waals surface area contributed by atoms with Crippen LogP contribution in [-0.2, 0) is 11.3 Å². The molecule has 0 aromatic carbocycles. The van der Waals surface area contributed by atoms with Crippen LogP contribution in [0.1, 0.15) is 35.9 Å². The van der Waals surface area contributed by atoms with Gasteiger partial charge in [-0.05, 0) is 31.3 Å². The SMILES string of the molecule is CSCC[C@@H](N)C(=O)NCc1nc(C2CC2)cs1. The molecule has 6 heteroatoms. The first-order valence-corrected chi connectivity index (χ1v) is 8.44. The van der Waals surface area contributed by atoms with Crippen molar-refractivity contribution in [1.82, 2.24) is 10.3 Å². The van der Waals surface area contributed by atoms with Crippen LogP contribution in [0.15, 0.2) is 5.38 Å². The Labute approximate surface area is 116 Å². The molecule has 4 nitrogen and oxygen atoms in total. The molecule has 1 heterocycles. The third kappa shape index (κ3) is 3.96. The number of hydrogen-bond acceptors (Lipinski definition) is 5. The number of nitrogens with zero attached hydrogens (tertiary/aromatic N) is 1. The summed E-state index contributed by atoms with van der Waals surface area (Å²) in [5, 5.41) is 5.93. The number of carbonyl (C=O) groups is 1. The number of nitrogens with one attached hydrogen (secondary N) is 1. The molecule has 3 N–H and O–H groups in total. The lowest BCUT2D eigenvalue weighted by atomic mass is 10.2. The van der Waals surface area contributed by atoms with E-state index in [0.29, 0.717) is 12.5 Å². The van der Waals surface area contributed by atoms with Gasteiger partial charge in [0.05, 0.1) is 18.3 Å². The van der Waals surface area contributed by atoms with Crippen molar-refractivity contribution in [2.45, 2.75) is 37.8 Å². The molecular weight excluding hydrogens is 266 g/mol. The maximum Gasteiger partial charge on any atom is 0.237 e. The van der Waals surface area contributed by atoms with Crippen LogP contribution in [0.25, 0.3) is 0 Å². The second-order valence-electron chi connectivity index (χ2n) is 4.55. The molecule has 1 aromatic heterocycles. The summed E-state index contributed by atoms with van der Waals surface area (Å²) in [6.07, 6.45) is 5.25. The number of rotatable bonds is 7. The molecule has 1 amide bonds. The van der Waals surface area contributed by atoms with Crippen LogP contribution in [0, 0.1) is 0 Å². The highest BCUT2D eigenvalue weighted by molar-refractivity contribution is 7.98. The van der Waals surface area contributed by atoms with Crippen molar-refractivity contribution in [3.8, 4) is 0 Å². The maximum absolute atomic E-state index is 11.7. The molecule has 1 aliphatic rings. The Kier molecular flexibility index (Phi) is 5.03. The van der Waals surface area contributed by atoms with Crippen LogP contribution in [0.5, 0.6) is 0 Å². The van der Waals surface area contributed by atoms with Crippen molar-refractivity contribution in [3.05, 3.63) is 16.1 Å². The third-order valence-electron chi connectivity index (χ3n) is 2.95. The van der Waals surface area contributed by atoms with Crippen molar-refractivity contribution < 1.29 is 4.79 Å². The summed E-state index contributed by atoms with van der Waals surface area (Å²) in [7, 11) is 0. The monoisotopic (exact) mass is 285 g/mol. The molecule has 1 aromatic rings. The number of nitrogens with two attached hydrogens (primary N) is 1. The second-order valence-corrected chi connectivity index (χ2v) is 6.47. The van der Waals surface area contributed by atoms with E-state index in [1.807, 2.05) is 6.26 Å². The number of carbonyl (C=O) groups excluding carboxylic acids is 1. The zero-order valence-electron chi connectivity index (χ0n) is 10.5. The largest absolute Gasteiger partial charge is 0.348 e. The van der Waals surface area contributed by atoms with E-state index in [4.69, 9.17) is 5.73 Å². The average molecular weight is 285 g/mol. The van der Waals surface area contributed by atoms with Gasteiger partial charge in [-0.15, -0.1) is 11.3 Å². The van der Waals surface area contributed by atoms with Crippen molar-refractivity contribution in [3.63, 3.8) is 0 Å². The molecule has 0 bridgehead atoms. The van der Waals surface area contributed by atoms with Crippen molar-refractivity contribution in [2.75, 3.05) is 12.0 Å². The molecule has 1 atom stereocenters. The smallest absolute Gasteiger partial charge is 0.237 e. The fraction of sp³-hybridized carbons (Fsp3) is 0.667. The Morgan fingerprint density at radius 1 is 1.72 bits per heavy atom. The van der Waals surface area contributed by atoms with Crippen molar-refractivity contribution >= 4 is 29.0 Å². The van der Waals surface area contributed by atoms with Gasteiger partial charge in [-0.2, -0.15) is 11.8 Å².